The molecule has 0 radical (unpaired) electrons. The van der Waals surface area contributed by atoms with Crippen LogP contribution in [0.25, 0.3) is 0 Å². The first kappa shape index (κ1) is 25.3. The highest BCUT2D eigenvalue weighted by molar-refractivity contribution is 6.16. The molecule has 2 unspecified atom stereocenters. The van der Waals surface area contributed by atoms with E-state index < -0.39 is 11.8 Å². The highest BCUT2D eigenvalue weighted by atomic mass is 16.5. The van der Waals surface area contributed by atoms with E-state index in [1.165, 1.54) is 0 Å². The van der Waals surface area contributed by atoms with Gasteiger partial charge in [0.1, 0.15) is 11.8 Å². The summed E-state index contributed by atoms with van der Waals surface area (Å²) >= 11 is 0. The second-order valence-electron chi connectivity index (χ2n) is 9.44. The third-order valence-electron chi connectivity index (χ3n) is 5.38. The van der Waals surface area contributed by atoms with Crippen LogP contribution in [0.5, 0.6) is 0 Å². The van der Waals surface area contributed by atoms with E-state index in [1.807, 2.05) is 88.4 Å². The van der Waals surface area contributed by atoms with Gasteiger partial charge in [-0.3, -0.25) is 19.6 Å². The van der Waals surface area contributed by atoms with Crippen LogP contribution in [0.3, 0.4) is 0 Å². The number of esters is 2. The van der Waals surface area contributed by atoms with E-state index in [1.54, 1.807) is 0 Å². The Balaban J connectivity index is 1.99. The van der Waals surface area contributed by atoms with Crippen molar-refractivity contribution in [2.45, 2.75) is 40.5 Å². The van der Waals surface area contributed by atoms with E-state index >= 15 is 0 Å². The molecule has 6 heteroatoms. The Kier molecular flexibility index (Phi) is 9.14. The molecule has 0 amide bonds. The van der Waals surface area contributed by atoms with Gasteiger partial charge in [0, 0.05) is 24.3 Å². The zero-order valence-corrected chi connectivity index (χ0v) is 20.4. The largest absolute Gasteiger partial charge is 0.465 e. The molecule has 2 aromatic rings. The molecule has 34 heavy (non-hydrogen) atoms. The molecule has 2 atom stereocenters. The maximum atomic E-state index is 13.1. The van der Waals surface area contributed by atoms with Gasteiger partial charge in [-0.2, -0.15) is 0 Å². The highest BCUT2D eigenvalue weighted by Crippen LogP contribution is 2.31. The minimum absolute atomic E-state index is 0.221. The van der Waals surface area contributed by atoms with Gasteiger partial charge in [0.05, 0.1) is 24.6 Å². The molecule has 1 saturated carbocycles. The van der Waals surface area contributed by atoms with E-state index in [9.17, 15) is 9.59 Å². The third kappa shape index (κ3) is 7.37. The number of ether oxygens (including phenoxy) is 2. The van der Waals surface area contributed by atoms with Crippen LogP contribution >= 0.6 is 0 Å². The molecule has 1 fully saturated rings. The Morgan fingerprint density at radius 3 is 1.38 bits per heavy atom. The van der Waals surface area contributed by atoms with Crippen LogP contribution in [0.2, 0.25) is 0 Å². The van der Waals surface area contributed by atoms with Crippen molar-refractivity contribution in [3.05, 3.63) is 60.7 Å². The Morgan fingerprint density at radius 2 is 1.06 bits per heavy atom. The molecule has 6 nitrogen and oxygen atoms in total. The van der Waals surface area contributed by atoms with Gasteiger partial charge in [-0.25, -0.2) is 0 Å². The van der Waals surface area contributed by atoms with Crippen LogP contribution in [0.15, 0.2) is 70.6 Å². The molecule has 2 aromatic carbocycles. The number of benzene rings is 2. The molecule has 1 aliphatic rings. The lowest BCUT2D eigenvalue weighted by atomic mass is 9.78. The first-order valence-electron chi connectivity index (χ1n) is 11.9. The zero-order valence-electron chi connectivity index (χ0n) is 20.4. The van der Waals surface area contributed by atoms with Crippen LogP contribution in [0.4, 0.5) is 11.4 Å². The molecule has 0 aliphatic heterocycles. The molecule has 0 N–H and O–H groups in total. The van der Waals surface area contributed by atoms with Crippen molar-refractivity contribution in [2.24, 2.45) is 33.7 Å². The molecular weight excluding hydrogens is 428 g/mol. The Morgan fingerprint density at radius 1 is 0.706 bits per heavy atom. The van der Waals surface area contributed by atoms with Crippen molar-refractivity contribution in [3.63, 3.8) is 0 Å². The van der Waals surface area contributed by atoms with Gasteiger partial charge in [0.2, 0.25) is 0 Å². The molecular formula is C28H34N2O4. The first-order chi connectivity index (χ1) is 16.3. The zero-order chi connectivity index (χ0) is 24.5. The molecule has 0 saturated heterocycles. The van der Waals surface area contributed by atoms with Crippen molar-refractivity contribution < 1.29 is 19.1 Å². The van der Waals surface area contributed by atoms with Crippen LogP contribution in [0, 0.1) is 23.7 Å². The standard InChI is InChI=1S/C28H34N2O4/c1-19(2)17-33-27(31)23-15-26(30-22-13-9-6-10-14-22)24(28(32)34-18-20(3)4)16-25(23)29-21-11-7-5-8-12-21/h5-14,19-20,23-24H,15-18H2,1-4H3. The molecule has 0 aromatic heterocycles. The van der Waals surface area contributed by atoms with Crippen LogP contribution in [0.1, 0.15) is 40.5 Å². The number of hydrogen-bond donors (Lipinski definition) is 0. The average molecular weight is 463 g/mol. The molecule has 180 valence electrons. The number of nitrogens with zero attached hydrogens (tertiary/aromatic N) is 2. The van der Waals surface area contributed by atoms with Gasteiger partial charge in [0.25, 0.3) is 0 Å². The topological polar surface area (TPSA) is 77.3 Å². The summed E-state index contributed by atoms with van der Waals surface area (Å²) in [5.74, 6) is -1.43. The Bertz CT molecular complexity index is 930. The molecule has 0 spiro atoms. The van der Waals surface area contributed by atoms with E-state index in [-0.39, 0.29) is 36.6 Å². The number of rotatable bonds is 8. The second kappa shape index (κ2) is 12.3. The van der Waals surface area contributed by atoms with Crippen molar-refractivity contribution >= 4 is 34.7 Å². The third-order valence-corrected chi connectivity index (χ3v) is 5.38. The first-order valence-corrected chi connectivity index (χ1v) is 11.9. The number of hydrogen-bond acceptors (Lipinski definition) is 6. The lowest BCUT2D eigenvalue weighted by molar-refractivity contribution is -0.149. The lowest BCUT2D eigenvalue weighted by Gasteiger charge is -2.30. The second-order valence-corrected chi connectivity index (χ2v) is 9.44. The summed E-state index contributed by atoms with van der Waals surface area (Å²) in [4.78, 5) is 35.8. The molecule has 3 rings (SSSR count). The van der Waals surface area contributed by atoms with Crippen molar-refractivity contribution in [2.75, 3.05) is 13.2 Å². The van der Waals surface area contributed by atoms with E-state index in [2.05, 4.69) is 0 Å². The van der Waals surface area contributed by atoms with Gasteiger partial charge in [-0.15, -0.1) is 0 Å². The van der Waals surface area contributed by atoms with E-state index in [4.69, 9.17) is 19.5 Å². The highest BCUT2D eigenvalue weighted by Gasteiger charge is 2.41. The Hall–Kier alpha value is -3.28. The number of para-hydroxylation sites is 2. The summed E-state index contributed by atoms with van der Waals surface area (Å²) in [6, 6.07) is 18.9. The average Bonchev–Trinajstić information content (AvgIpc) is 2.83. The maximum absolute atomic E-state index is 13.1. The number of carbonyl (C=O) groups is 2. The summed E-state index contributed by atoms with van der Waals surface area (Å²) in [7, 11) is 0. The predicted octanol–water partition coefficient (Wildman–Crippen LogP) is 5.96. The summed E-state index contributed by atoms with van der Waals surface area (Å²) in [5.41, 5.74) is 2.71. The van der Waals surface area contributed by atoms with Gasteiger partial charge in [0.15, 0.2) is 0 Å². The van der Waals surface area contributed by atoms with Crippen molar-refractivity contribution in [1.82, 2.24) is 0 Å². The predicted molar refractivity (Wildman–Crippen MR) is 135 cm³/mol. The molecule has 0 heterocycles. The number of aliphatic imine (C=N–C) groups is 2. The van der Waals surface area contributed by atoms with Crippen molar-refractivity contribution in [1.29, 1.82) is 0 Å². The smallest absolute Gasteiger partial charge is 0.315 e. The lowest BCUT2D eigenvalue weighted by Crippen LogP contribution is -2.41. The minimum Gasteiger partial charge on any atom is -0.465 e. The molecule has 0 bridgehead atoms. The normalized spacial score (nSPS) is 20.6. The van der Waals surface area contributed by atoms with Crippen LogP contribution in [-0.4, -0.2) is 36.6 Å². The van der Waals surface area contributed by atoms with Gasteiger partial charge in [-0.1, -0.05) is 64.1 Å². The van der Waals surface area contributed by atoms with E-state index in [0.717, 1.165) is 11.4 Å². The fraction of sp³-hybridized carbons (Fsp3) is 0.429. The van der Waals surface area contributed by atoms with Crippen LogP contribution in [-0.2, 0) is 19.1 Å². The van der Waals surface area contributed by atoms with Crippen LogP contribution < -0.4 is 0 Å². The Labute approximate surface area is 202 Å². The fourth-order valence-corrected chi connectivity index (χ4v) is 3.66. The maximum Gasteiger partial charge on any atom is 0.315 e. The summed E-state index contributed by atoms with van der Waals surface area (Å²) in [6.07, 6.45) is 0.526. The fourth-order valence-electron chi connectivity index (χ4n) is 3.66. The minimum atomic E-state index is -0.601. The van der Waals surface area contributed by atoms with E-state index in [0.29, 0.717) is 24.6 Å². The van der Waals surface area contributed by atoms with Crippen molar-refractivity contribution in [3.8, 4) is 0 Å². The number of carbonyl (C=O) groups excluding carboxylic acids is 2. The monoisotopic (exact) mass is 462 g/mol. The van der Waals surface area contributed by atoms with Gasteiger partial charge < -0.3 is 9.47 Å². The molecule has 1 aliphatic carbocycles. The van der Waals surface area contributed by atoms with Gasteiger partial charge in [-0.05, 0) is 36.1 Å². The quantitative estimate of drug-likeness (QED) is 0.454. The summed E-state index contributed by atoms with van der Waals surface area (Å²) in [5, 5.41) is 0. The SMILES string of the molecule is CC(C)COC(=O)C1CC(=Nc2ccccc2)C(C(=O)OCC(C)C)CC1=Nc1ccccc1. The summed E-state index contributed by atoms with van der Waals surface area (Å²) in [6.45, 7) is 8.65. The van der Waals surface area contributed by atoms with Gasteiger partial charge >= 0.3 is 11.9 Å². The summed E-state index contributed by atoms with van der Waals surface area (Å²) < 4.78 is 11.2.